The van der Waals surface area contributed by atoms with Gasteiger partial charge in [-0.15, -0.1) is 0 Å². The van der Waals surface area contributed by atoms with Crippen LogP contribution < -0.4 is 5.32 Å². The van der Waals surface area contributed by atoms with Crippen molar-refractivity contribution in [2.45, 2.75) is 31.3 Å². The molecule has 2 atom stereocenters. The molecule has 2 aliphatic rings. The number of hydrogen-bond acceptors (Lipinski definition) is 2. The van der Waals surface area contributed by atoms with Crippen LogP contribution in [0.3, 0.4) is 0 Å². The van der Waals surface area contributed by atoms with Crippen LogP contribution in [-0.2, 0) is 0 Å². The van der Waals surface area contributed by atoms with E-state index in [2.05, 4.69) is 29.2 Å². The molecule has 0 aromatic heterocycles. The number of benzene rings is 1. The minimum atomic E-state index is 0.552. The van der Waals surface area contributed by atoms with Crippen molar-refractivity contribution in [1.29, 1.82) is 0 Å². The van der Waals surface area contributed by atoms with Gasteiger partial charge in [0.25, 0.3) is 0 Å². The van der Waals surface area contributed by atoms with Crippen molar-refractivity contribution in [2.75, 3.05) is 11.5 Å². The van der Waals surface area contributed by atoms with E-state index < -0.39 is 0 Å². The monoisotopic (exact) mass is 267 g/mol. The van der Waals surface area contributed by atoms with Crippen molar-refractivity contribution in [3.8, 4) is 0 Å². The van der Waals surface area contributed by atoms with Crippen molar-refractivity contribution in [2.24, 2.45) is 5.92 Å². The van der Waals surface area contributed by atoms with Gasteiger partial charge in [0.05, 0.1) is 0 Å². The van der Waals surface area contributed by atoms with Crippen LogP contribution in [0.1, 0.15) is 30.9 Å². The minimum Gasteiger partial charge on any atom is -0.306 e. The Morgan fingerprint density at radius 1 is 1.18 bits per heavy atom. The molecule has 2 unspecified atom stereocenters. The van der Waals surface area contributed by atoms with E-state index in [4.69, 9.17) is 11.6 Å². The van der Waals surface area contributed by atoms with E-state index in [0.29, 0.717) is 12.1 Å². The normalized spacial score (nSPS) is 26.1. The van der Waals surface area contributed by atoms with Gasteiger partial charge >= 0.3 is 0 Å². The number of hydrogen-bond donors (Lipinski definition) is 1. The molecule has 0 amide bonds. The summed E-state index contributed by atoms with van der Waals surface area (Å²) in [6, 6.07) is 9.65. The molecule has 0 spiro atoms. The van der Waals surface area contributed by atoms with E-state index in [1.54, 1.807) is 0 Å². The van der Waals surface area contributed by atoms with Gasteiger partial charge < -0.3 is 5.32 Å². The van der Waals surface area contributed by atoms with Crippen molar-refractivity contribution in [1.82, 2.24) is 5.32 Å². The Labute approximate surface area is 112 Å². The summed E-state index contributed by atoms with van der Waals surface area (Å²) < 4.78 is 0. The van der Waals surface area contributed by atoms with Crippen LogP contribution >= 0.6 is 23.4 Å². The fraction of sp³-hybridized carbons (Fsp3) is 0.571. The molecule has 0 bridgehead atoms. The Kier molecular flexibility index (Phi) is 3.64. The lowest BCUT2D eigenvalue weighted by Crippen LogP contribution is -2.33. The van der Waals surface area contributed by atoms with Crippen LogP contribution in [0.5, 0.6) is 0 Å². The van der Waals surface area contributed by atoms with Gasteiger partial charge in [-0.3, -0.25) is 0 Å². The van der Waals surface area contributed by atoms with Gasteiger partial charge in [0, 0.05) is 22.9 Å². The highest BCUT2D eigenvalue weighted by Gasteiger charge is 2.34. The molecule has 1 aliphatic carbocycles. The number of thioether (sulfide) groups is 1. The topological polar surface area (TPSA) is 12.0 Å². The smallest absolute Gasteiger partial charge is 0.0406 e. The molecule has 1 aliphatic heterocycles. The molecule has 1 heterocycles. The van der Waals surface area contributed by atoms with Crippen molar-refractivity contribution >= 4 is 23.4 Å². The molecule has 1 saturated carbocycles. The average Bonchev–Trinajstić information content (AvgIpc) is 3.05. The predicted molar refractivity (Wildman–Crippen MR) is 75.8 cm³/mol. The molecule has 1 aromatic rings. The second kappa shape index (κ2) is 5.21. The maximum atomic E-state index is 5.96. The van der Waals surface area contributed by atoms with Crippen LogP contribution in [0, 0.1) is 5.92 Å². The summed E-state index contributed by atoms with van der Waals surface area (Å²) in [5.41, 5.74) is 1.41. The minimum absolute atomic E-state index is 0.552. The Morgan fingerprint density at radius 2 is 1.94 bits per heavy atom. The first-order chi connectivity index (χ1) is 8.33. The lowest BCUT2D eigenvalue weighted by Gasteiger charge is -2.23. The SMILES string of the molecule is Clc1ccc(C(NC2CCSC2)C2CC2)cc1. The van der Waals surface area contributed by atoms with Gasteiger partial charge in [-0.2, -0.15) is 11.8 Å². The van der Waals surface area contributed by atoms with E-state index in [9.17, 15) is 0 Å². The summed E-state index contributed by atoms with van der Waals surface area (Å²) in [4.78, 5) is 0. The maximum Gasteiger partial charge on any atom is 0.0406 e. The molecule has 17 heavy (non-hydrogen) atoms. The number of halogens is 1. The van der Waals surface area contributed by atoms with Gasteiger partial charge in [0.1, 0.15) is 0 Å². The zero-order valence-corrected chi connectivity index (χ0v) is 11.4. The quantitative estimate of drug-likeness (QED) is 0.888. The fourth-order valence-electron chi connectivity index (χ4n) is 2.52. The molecule has 1 aromatic carbocycles. The van der Waals surface area contributed by atoms with Crippen LogP contribution in [-0.4, -0.2) is 17.5 Å². The van der Waals surface area contributed by atoms with Crippen molar-refractivity contribution < 1.29 is 0 Å². The van der Waals surface area contributed by atoms with E-state index in [1.165, 1.54) is 36.3 Å². The molecule has 3 rings (SSSR count). The molecule has 1 nitrogen and oxygen atoms in total. The Hall–Kier alpha value is -0.180. The van der Waals surface area contributed by atoms with Crippen LogP contribution in [0.4, 0.5) is 0 Å². The fourth-order valence-corrected chi connectivity index (χ4v) is 3.82. The highest BCUT2D eigenvalue weighted by molar-refractivity contribution is 7.99. The van der Waals surface area contributed by atoms with Crippen LogP contribution in [0.15, 0.2) is 24.3 Å². The first kappa shape index (κ1) is 11.9. The van der Waals surface area contributed by atoms with E-state index in [-0.39, 0.29) is 0 Å². The van der Waals surface area contributed by atoms with E-state index in [0.717, 1.165) is 10.9 Å². The first-order valence-corrected chi connectivity index (χ1v) is 7.95. The molecular weight excluding hydrogens is 250 g/mol. The van der Waals surface area contributed by atoms with Gasteiger partial charge in [-0.1, -0.05) is 23.7 Å². The largest absolute Gasteiger partial charge is 0.306 e. The zero-order chi connectivity index (χ0) is 11.7. The molecule has 2 fully saturated rings. The molecule has 0 radical (unpaired) electrons. The lowest BCUT2D eigenvalue weighted by molar-refractivity contribution is 0.423. The summed E-state index contributed by atoms with van der Waals surface area (Å²) in [6.07, 6.45) is 4.07. The summed E-state index contributed by atoms with van der Waals surface area (Å²) >= 11 is 8.03. The third kappa shape index (κ3) is 2.98. The van der Waals surface area contributed by atoms with Crippen molar-refractivity contribution in [3.05, 3.63) is 34.9 Å². The zero-order valence-electron chi connectivity index (χ0n) is 9.86. The second-order valence-electron chi connectivity index (χ2n) is 5.09. The predicted octanol–water partition coefficient (Wildman–Crippen LogP) is 3.89. The number of nitrogens with one attached hydrogen (secondary N) is 1. The third-order valence-electron chi connectivity index (χ3n) is 3.67. The van der Waals surface area contributed by atoms with Crippen LogP contribution in [0.2, 0.25) is 5.02 Å². The van der Waals surface area contributed by atoms with Gasteiger partial charge in [0.15, 0.2) is 0 Å². The van der Waals surface area contributed by atoms with Gasteiger partial charge in [-0.25, -0.2) is 0 Å². The molecule has 92 valence electrons. The maximum absolute atomic E-state index is 5.96. The summed E-state index contributed by atoms with van der Waals surface area (Å²) in [7, 11) is 0. The first-order valence-electron chi connectivity index (χ1n) is 6.42. The molecule has 3 heteroatoms. The molecule has 1 saturated heterocycles. The van der Waals surface area contributed by atoms with Crippen molar-refractivity contribution in [3.63, 3.8) is 0 Å². The molecule has 1 N–H and O–H groups in total. The lowest BCUT2D eigenvalue weighted by atomic mass is 10.0. The highest BCUT2D eigenvalue weighted by atomic mass is 35.5. The van der Waals surface area contributed by atoms with Gasteiger partial charge in [0.2, 0.25) is 0 Å². The summed E-state index contributed by atoms with van der Waals surface area (Å²) in [5.74, 6) is 3.44. The standard InChI is InChI=1S/C14H18ClNS/c15-12-5-3-11(4-6-12)14(10-1-2-10)16-13-7-8-17-9-13/h3-6,10,13-14,16H,1-2,7-9H2. The Balaban J connectivity index is 1.72. The van der Waals surface area contributed by atoms with E-state index >= 15 is 0 Å². The Morgan fingerprint density at radius 3 is 2.53 bits per heavy atom. The average molecular weight is 268 g/mol. The van der Waals surface area contributed by atoms with Crippen LogP contribution in [0.25, 0.3) is 0 Å². The highest BCUT2D eigenvalue weighted by Crippen LogP contribution is 2.42. The molecular formula is C14H18ClNS. The van der Waals surface area contributed by atoms with Gasteiger partial charge in [-0.05, 0) is 48.6 Å². The second-order valence-corrected chi connectivity index (χ2v) is 6.68. The van der Waals surface area contributed by atoms with E-state index in [1.807, 2.05) is 12.1 Å². The Bertz CT molecular complexity index is 368. The third-order valence-corrected chi connectivity index (χ3v) is 5.08. The summed E-state index contributed by atoms with van der Waals surface area (Å²) in [5, 5.41) is 4.68. The number of rotatable bonds is 4. The summed E-state index contributed by atoms with van der Waals surface area (Å²) in [6.45, 7) is 0.